The molecule has 0 aromatic heterocycles. The van der Waals surface area contributed by atoms with Crippen molar-refractivity contribution in [3.05, 3.63) is 66.2 Å². The fourth-order valence-electron chi connectivity index (χ4n) is 3.30. The number of anilines is 1. The zero-order valence-electron chi connectivity index (χ0n) is 15.0. The first-order valence-corrected chi connectivity index (χ1v) is 9.02. The van der Waals surface area contributed by atoms with E-state index in [0.29, 0.717) is 6.54 Å². The molecule has 1 aliphatic heterocycles. The normalized spacial score (nSPS) is 15.6. The van der Waals surface area contributed by atoms with Crippen molar-refractivity contribution in [2.75, 3.05) is 44.7 Å². The highest BCUT2D eigenvalue weighted by Crippen LogP contribution is 2.13. The lowest BCUT2D eigenvalue weighted by atomic mass is 10.2. The fraction of sp³-hybridized carbons (Fsp3) is 0.381. The Morgan fingerprint density at radius 1 is 0.920 bits per heavy atom. The van der Waals surface area contributed by atoms with Crippen molar-refractivity contribution in [3.63, 3.8) is 0 Å². The van der Waals surface area contributed by atoms with Crippen molar-refractivity contribution in [2.45, 2.75) is 13.0 Å². The average Bonchev–Trinajstić information content (AvgIpc) is 2.89. The van der Waals surface area contributed by atoms with Crippen LogP contribution in [0.1, 0.15) is 12.0 Å². The molecule has 0 bridgehead atoms. The molecule has 0 unspecified atom stereocenters. The fourth-order valence-corrected chi connectivity index (χ4v) is 3.30. The number of hydrogen-bond donors (Lipinski definition) is 0. The molecule has 25 heavy (non-hydrogen) atoms. The average molecular weight is 337 g/mol. The quantitative estimate of drug-likeness (QED) is 0.839. The van der Waals surface area contributed by atoms with Crippen LogP contribution in [0.3, 0.4) is 0 Å². The molecule has 1 saturated heterocycles. The standard InChI is InChI=1S/C21H27N3O/c1-22(20-11-6-3-7-12-20)18-21(25)24-14-8-13-23(15-16-24)17-19-9-4-2-5-10-19/h2-7,9-12H,8,13-18H2,1H3. The van der Waals surface area contributed by atoms with Gasteiger partial charge in [0.05, 0.1) is 6.54 Å². The highest BCUT2D eigenvalue weighted by atomic mass is 16.2. The summed E-state index contributed by atoms with van der Waals surface area (Å²) in [7, 11) is 1.98. The Bertz CT molecular complexity index is 659. The molecule has 1 heterocycles. The van der Waals surface area contributed by atoms with E-state index in [4.69, 9.17) is 0 Å². The van der Waals surface area contributed by atoms with Gasteiger partial charge in [0, 0.05) is 45.5 Å². The summed E-state index contributed by atoms with van der Waals surface area (Å²) in [6.45, 7) is 5.05. The molecule has 1 amide bonds. The number of rotatable bonds is 5. The van der Waals surface area contributed by atoms with Gasteiger partial charge in [-0.05, 0) is 24.1 Å². The largest absolute Gasteiger partial charge is 0.365 e. The third-order valence-electron chi connectivity index (χ3n) is 4.76. The monoisotopic (exact) mass is 337 g/mol. The molecule has 1 fully saturated rings. The predicted octanol–water partition coefficient (Wildman–Crippen LogP) is 2.86. The molecular weight excluding hydrogens is 310 g/mol. The zero-order chi connectivity index (χ0) is 17.5. The van der Waals surface area contributed by atoms with Gasteiger partial charge in [-0.1, -0.05) is 48.5 Å². The molecule has 0 aliphatic carbocycles. The molecule has 4 nitrogen and oxygen atoms in total. The Balaban J connectivity index is 1.51. The number of likely N-dealkylation sites (N-methyl/N-ethyl adjacent to an activating group) is 1. The van der Waals surface area contributed by atoms with Gasteiger partial charge in [-0.15, -0.1) is 0 Å². The second-order valence-corrected chi connectivity index (χ2v) is 6.69. The van der Waals surface area contributed by atoms with Crippen molar-refractivity contribution in [1.29, 1.82) is 0 Å². The molecule has 132 valence electrons. The summed E-state index contributed by atoms with van der Waals surface area (Å²) < 4.78 is 0. The first-order valence-electron chi connectivity index (χ1n) is 9.02. The van der Waals surface area contributed by atoms with E-state index in [-0.39, 0.29) is 5.91 Å². The van der Waals surface area contributed by atoms with Crippen LogP contribution in [-0.2, 0) is 11.3 Å². The lowest BCUT2D eigenvalue weighted by Gasteiger charge is -2.25. The summed E-state index contributed by atoms with van der Waals surface area (Å²) in [5, 5.41) is 0. The Morgan fingerprint density at radius 3 is 2.32 bits per heavy atom. The molecule has 2 aromatic rings. The molecule has 2 aromatic carbocycles. The van der Waals surface area contributed by atoms with Crippen LogP contribution in [0.15, 0.2) is 60.7 Å². The lowest BCUT2D eigenvalue weighted by molar-refractivity contribution is -0.129. The molecule has 0 atom stereocenters. The van der Waals surface area contributed by atoms with Crippen LogP contribution in [0, 0.1) is 0 Å². The first kappa shape index (κ1) is 17.5. The number of carbonyl (C=O) groups excluding carboxylic acids is 1. The summed E-state index contributed by atoms with van der Waals surface area (Å²) in [4.78, 5) is 19.2. The first-order chi connectivity index (χ1) is 12.2. The predicted molar refractivity (Wildman–Crippen MR) is 103 cm³/mol. The maximum Gasteiger partial charge on any atom is 0.242 e. The Labute approximate surface area is 150 Å². The molecule has 1 aliphatic rings. The highest BCUT2D eigenvalue weighted by Gasteiger charge is 2.20. The maximum absolute atomic E-state index is 12.7. The summed E-state index contributed by atoms with van der Waals surface area (Å²) in [5.74, 6) is 0.216. The van der Waals surface area contributed by atoms with Crippen molar-refractivity contribution >= 4 is 11.6 Å². The second kappa shape index (κ2) is 8.67. The van der Waals surface area contributed by atoms with Gasteiger partial charge < -0.3 is 9.80 Å². The maximum atomic E-state index is 12.7. The van der Waals surface area contributed by atoms with Gasteiger partial charge in [0.15, 0.2) is 0 Å². The molecule has 0 radical (unpaired) electrons. The molecular formula is C21H27N3O. The van der Waals surface area contributed by atoms with E-state index in [2.05, 4.69) is 35.2 Å². The van der Waals surface area contributed by atoms with Crippen LogP contribution in [0.4, 0.5) is 5.69 Å². The van der Waals surface area contributed by atoms with E-state index in [1.165, 1.54) is 5.56 Å². The lowest BCUT2D eigenvalue weighted by Crippen LogP contribution is -2.41. The van der Waals surface area contributed by atoms with Gasteiger partial charge in [0.25, 0.3) is 0 Å². The summed E-state index contributed by atoms with van der Waals surface area (Å²) in [6.07, 6.45) is 1.04. The smallest absolute Gasteiger partial charge is 0.242 e. The van der Waals surface area contributed by atoms with E-state index in [9.17, 15) is 4.79 Å². The van der Waals surface area contributed by atoms with Gasteiger partial charge in [-0.25, -0.2) is 0 Å². The van der Waals surface area contributed by atoms with Crippen molar-refractivity contribution in [3.8, 4) is 0 Å². The van der Waals surface area contributed by atoms with Crippen molar-refractivity contribution in [1.82, 2.24) is 9.80 Å². The summed E-state index contributed by atoms with van der Waals surface area (Å²) in [6, 6.07) is 20.6. The molecule has 0 spiro atoms. The Kier molecular flexibility index (Phi) is 6.07. The van der Waals surface area contributed by atoms with Crippen LogP contribution in [0.2, 0.25) is 0 Å². The number of para-hydroxylation sites is 1. The summed E-state index contributed by atoms with van der Waals surface area (Å²) >= 11 is 0. The number of nitrogens with zero attached hydrogens (tertiary/aromatic N) is 3. The Hall–Kier alpha value is -2.33. The van der Waals surface area contributed by atoms with Crippen LogP contribution in [0.25, 0.3) is 0 Å². The zero-order valence-corrected chi connectivity index (χ0v) is 15.0. The van der Waals surface area contributed by atoms with Gasteiger partial charge in [0.1, 0.15) is 0 Å². The SMILES string of the molecule is CN(CC(=O)N1CCCN(Cc2ccccc2)CC1)c1ccccc1. The number of carbonyl (C=O) groups is 1. The number of hydrogen-bond acceptors (Lipinski definition) is 3. The van der Waals surface area contributed by atoms with Gasteiger partial charge in [-0.2, -0.15) is 0 Å². The minimum absolute atomic E-state index is 0.216. The minimum atomic E-state index is 0.216. The third-order valence-corrected chi connectivity index (χ3v) is 4.76. The molecule has 4 heteroatoms. The van der Waals surface area contributed by atoms with E-state index < -0.39 is 0 Å². The topological polar surface area (TPSA) is 26.8 Å². The molecule has 0 saturated carbocycles. The van der Waals surface area contributed by atoms with Crippen LogP contribution < -0.4 is 4.90 Å². The highest BCUT2D eigenvalue weighted by molar-refractivity contribution is 5.81. The molecule has 0 N–H and O–H groups in total. The van der Waals surface area contributed by atoms with Crippen LogP contribution in [-0.4, -0.2) is 55.5 Å². The number of amides is 1. The Morgan fingerprint density at radius 2 is 1.60 bits per heavy atom. The van der Waals surface area contributed by atoms with Crippen molar-refractivity contribution in [2.24, 2.45) is 0 Å². The van der Waals surface area contributed by atoms with E-state index >= 15 is 0 Å². The second-order valence-electron chi connectivity index (χ2n) is 6.69. The van der Waals surface area contributed by atoms with Crippen LogP contribution in [0.5, 0.6) is 0 Å². The summed E-state index contributed by atoms with van der Waals surface area (Å²) in [5.41, 5.74) is 2.42. The van der Waals surface area contributed by atoms with Gasteiger partial charge >= 0.3 is 0 Å². The molecule has 3 rings (SSSR count). The van der Waals surface area contributed by atoms with E-state index in [1.807, 2.05) is 47.2 Å². The van der Waals surface area contributed by atoms with Gasteiger partial charge in [-0.3, -0.25) is 9.69 Å². The van der Waals surface area contributed by atoms with E-state index in [0.717, 1.165) is 44.8 Å². The van der Waals surface area contributed by atoms with Gasteiger partial charge in [0.2, 0.25) is 5.91 Å². The minimum Gasteiger partial charge on any atom is -0.365 e. The van der Waals surface area contributed by atoms with E-state index in [1.54, 1.807) is 0 Å². The van der Waals surface area contributed by atoms with Crippen molar-refractivity contribution < 1.29 is 4.79 Å². The van der Waals surface area contributed by atoms with Crippen LogP contribution >= 0.6 is 0 Å². The third kappa shape index (κ3) is 5.07. The number of benzene rings is 2.